The minimum Gasteiger partial charge on any atom is -0.312 e. The Morgan fingerprint density at radius 3 is 2.37 bits per heavy atom. The van der Waals surface area contributed by atoms with E-state index in [1.807, 2.05) is 84.6 Å². The number of likely N-dealkylation sites (N-methyl/N-ethyl adjacent to an activating group) is 1. The number of nitrogens with zero attached hydrogens (tertiary/aromatic N) is 3. The van der Waals surface area contributed by atoms with E-state index in [0.717, 1.165) is 16.9 Å². The van der Waals surface area contributed by atoms with E-state index in [1.165, 1.54) is 0 Å². The summed E-state index contributed by atoms with van der Waals surface area (Å²) in [5, 5.41) is 0.568. The molecule has 0 unspecified atom stereocenters. The third kappa shape index (κ3) is 2.82. The molecule has 0 saturated heterocycles. The molecule has 0 bridgehead atoms. The van der Waals surface area contributed by atoms with Gasteiger partial charge in [-0.15, -0.1) is 0 Å². The fraction of sp³-hybridized carbons (Fsp3) is 0.160. The number of hydrogen-bond acceptors (Lipinski definition) is 3. The molecule has 5 nitrogen and oxygen atoms in total. The Kier molecular flexibility index (Phi) is 4.43. The molecule has 1 atom stereocenters. The van der Waals surface area contributed by atoms with Gasteiger partial charge in [-0.2, -0.15) is 0 Å². The molecule has 1 amide bonds. The summed E-state index contributed by atoms with van der Waals surface area (Å²) in [6, 6.07) is 24.7. The molecule has 1 aliphatic heterocycles. The zero-order valence-corrected chi connectivity index (χ0v) is 16.7. The van der Waals surface area contributed by atoms with Crippen LogP contribution in [0.15, 0.2) is 83.7 Å². The van der Waals surface area contributed by atoms with Gasteiger partial charge in [0.25, 0.3) is 5.56 Å². The van der Waals surface area contributed by atoms with Gasteiger partial charge in [0, 0.05) is 18.7 Å². The van der Waals surface area contributed by atoms with Crippen molar-refractivity contribution in [2.24, 2.45) is 0 Å². The van der Waals surface area contributed by atoms with Gasteiger partial charge in [0.2, 0.25) is 5.91 Å². The number of fused-ring (bicyclic) bond motifs is 2. The number of para-hydroxylation sites is 3. The highest BCUT2D eigenvalue weighted by atomic mass is 16.2. The highest BCUT2D eigenvalue weighted by molar-refractivity contribution is 6.05. The van der Waals surface area contributed by atoms with Crippen LogP contribution in [0.2, 0.25) is 0 Å². The first-order chi connectivity index (χ1) is 14.7. The molecule has 0 spiro atoms. The lowest BCUT2D eigenvalue weighted by Gasteiger charge is -2.17. The van der Waals surface area contributed by atoms with Gasteiger partial charge >= 0.3 is 0 Å². The SMILES string of the molecule is CCN1C(=O)[C@@H](Cc2nc3ccccc3c(=O)n2-c2ccccc2)c2ccccc21. The summed E-state index contributed by atoms with van der Waals surface area (Å²) in [5.41, 5.74) is 3.22. The van der Waals surface area contributed by atoms with Gasteiger partial charge < -0.3 is 4.90 Å². The molecule has 1 aliphatic rings. The number of carbonyl (C=O) groups is 1. The lowest BCUT2D eigenvalue weighted by Crippen LogP contribution is -2.31. The third-order valence-electron chi connectivity index (χ3n) is 5.73. The Hall–Kier alpha value is -3.73. The quantitative estimate of drug-likeness (QED) is 0.523. The van der Waals surface area contributed by atoms with Crippen LogP contribution < -0.4 is 10.5 Å². The van der Waals surface area contributed by atoms with Crippen LogP contribution in [-0.4, -0.2) is 22.0 Å². The molecule has 4 aromatic rings. The highest BCUT2D eigenvalue weighted by Gasteiger charge is 2.37. The molecule has 0 saturated carbocycles. The Bertz CT molecular complexity index is 1310. The summed E-state index contributed by atoms with van der Waals surface area (Å²) in [5.74, 6) is 0.292. The second-order valence-electron chi connectivity index (χ2n) is 7.42. The van der Waals surface area contributed by atoms with E-state index in [9.17, 15) is 9.59 Å². The van der Waals surface area contributed by atoms with Gasteiger partial charge in [-0.05, 0) is 42.8 Å². The molecule has 5 heteroatoms. The van der Waals surface area contributed by atoms with Crippen LogP contribution in [0.3, 0.4) is 0 Å². The lowest BCUT2D eigenvalue weighted by atomic mass is 9.96. The Morgan fingerprint density at radius 1 is 0.867 bits per heavy atom. The van der Waals surface area contributed by atoms with Crippen LogP contribution in [0.5, 0.6) is 0 Å². The summed E-state index contributed by atoms with van der Waals surface area (Å²) in [7, 11) is 0. The Balaban J connectivity index is 1.70. The van der Waals surface area contributed by atoms with Gasteiger partial charge in [0.05, 0.1) is 22.5 Å². The summed E-state index contributed by atoms with van der Waals surface area (Å²) in [6.07, 6.45) is 0.362. The van der Waals surface area contributed by atoms with E-state index in [-0.39, 0.29) is 17.4 Å². The minimum absolute atomic E-state index is 0.0562. The van der Waals surface area contributed by atoms with Gasteiger partial charge in [-0.1, -0.05) is 48.5 Å². The number of aromatic nitrogens is 2. The predicted molar refractivity (Wildman–Crippen MR) is 118 cm³/mol. The second kappa shape index (κ2) is 7.26. The largest absolute Gasteiger partial charge is 0.312 e. The summed E-state index contributed by atoms with van der Waals surface area (Å²) >= 11 is 0. The van der Waals surface area contributed by atoms with Crippen LogP contribution in [0, 0.1) is 0 Å². The predicted octanol–water partition coefficient (Wildman–Crippen LogP) is 4.08. The number of rotatable bonds is 4. The van der Waals surface area contributed by atoms with Crippen molar-refractivity contribution in [3.05, 3.63) is 101 Å². The highest BCUT2D eigenvalue weighted by Crippen LogP contribution is 2.38. The van der Waals surface area contributed by atoms with Crippen molar-refractivity contribution in [3.63, 3.8) is 0 Å². The summed E-state index contributed by atoms with van der Waals surface area (Å²) < 4.78 is 1.65. The maximum atomic E-state index is 13.4. The zero-order chi connectivity index (χ0) is 20.7. The van der Waals surface area contributed by atoms with Gasteiger partial charge in [-0.25, -0.2) is 4.98 Å². The van der Waals surface area contributed by atoms with Crippen LogP contribution >= 0.6 is 0 Å². The summed E-state index contributed by atoms with van der Waals surface area (Å²) in [6.45, 7) is 2.59. The van der Waals surface area contributed by atoms with Crippen LogP contribution in [0.4, 0.5) is 5.69 Å². The van der Waals surface area contributed by atoms with E-state index in [0.29, 0.717) is 29.7 Å². The maximum absolute atomic E-state index is 13.4. The lowest BCUT2D eigenvalue weighted by molar-refractivity contribution is -0.119. The zero-order valence-electron chi connectivity index (χ0n) is 16.7. The average Bonchev–Trinajstić information content (AvgIpc) is 3.05. The van der Waals surface area contributed by atoms with E-state index < -0.39 is 0 Å². The fourth-order valence-corrected chi connectivity index (χ4v) is 4.33. The molecular formula is C25H21N3O2. The van der Waals surface area contributed by atoms with Crippen molar-refractivity contribution in [1.82, 2.24) is 9.55 Å². The standard InChI is InChI=1S/C25H21N3O2/c1-2-27-22-15-9-7-12-18(22)20(24(27)29)16-23-26-21-14-8-6-13-19(21)25(30)28(23)17-10-4-3-5-11-17/h3-15,20H,2,16H2,1H3/t20-/m0/s1. The smallest absolute Gasteiger partial charge is 0.265 e. The van der Waals surface area contributed by atoms with Crippen molar-refractivity contribution in [2.45, 2.75) is 19.3 Å². The Morgan fingerprint density at radius 2 is 1.57 bits per heavy atom. The molecule has 0 N–H and O–H groups in total. The first-order valence-electron chi connectivity index (χ1n) is 10.2. The van der Waals surface area contributed by atoms with Crippen molar-refractivity contribution >= 4 is 22.5 Å². The molecule has 5 rings (SSSR count). The minimum atomic E-state index is -0.357. The molecule has 0 fully saturated rings. The molecule has 0 aliphatic carbocycles. The number of carbonyl (C=O) groups excluding carboxylic acids is 1. The summed E-state index contributed by atoms with van der Waals surface area (Å²) in [4.78, 5) is 33.2. The van der Waals surface area contributed by atoms with Gasteiger partial charge in [-0.3, -0.25) is 14.2 Å². The molecule has 1 aromatic heterocycles. The van der Waals surface area contributed by atoms with E-state index in [1.54, 1.807) is 10.6 Å². The van der Waals surface area contributed by atoms with E-state index in [2.05, 4.69) is 0 Å². The molecular weight excluding hydrogens is 374 g/mol. The van der Waals surface area contributed by atoms with Crippen molar-refractivity contribution in [1.29, 1.82) is 0 Å². The van der Waals surface area contributed by atoms with Crippen molar-refractivity contribution in [3.8, 4) is 5.69 Å². The Labute approximate surface area is 174 Å². The molecule has 2 heterocycles. The van der Waals surface area contributed by atoms with Crippen molar-refractivity contribution in [2.75, 3.05) is 11.4 Å². The monoisotopic (exact) mass is 395 g/mol. The number of amides is 1. The topological polar surface area (TPSA) is 55.2 Å². The number of hydrogen-bond donors (Lipinski definition) is 0. The van der Waals surface area contributed by atoms with Gasteiger partial charge in [0.15, 0.2) is 0 Å². The third-order valence-corrected chi connectivity index (χ3v) is 5.73. The normalized spacial score (nSPS) is 15.6. The molecule has 3 aromatic carbocycles. The van der Waals surface area contributed by atoms with Crippen LogP contribution in [-0.2, 0) is 11.2 Å². The van der Waals surface area contributed by atoms with E-state index in [4.69, 9.17) is 4.98 Å². The van der Waals surface area contributed by atoms with Crippen LogP contribution in [0.1, 0.15) is 24.2 Å². The maximum Gasteiger partial charge on any atom is 0.265 e. The van der Waals surface area contributed by atoms with Gasteiger partial charge in [0.1, 0.15) is 5.82 Å². The first kappa shape index (κ1) is 18.3. The number of anilines is 1. The first-order valence-corrected chi connectivity index (χ1v) is 10.2. The molecule has 30 heavy (non-hydrogen) atoms. The van der Waals surface area contributed by atoms with Crippen LogP contribution in [0.25, 0.3) is 16.6 Å². The number of benzene rings is 3. The molecule has 148 valence electrons. The fourth-order valence-electron chi connectivity index (χ4n) is 4.33. The average molecular weight is 395 g/mol. The van der Waals surface area contributed by atoms with Crippen molar-refractivity contribution < 1.29 is 4.79 Å². The second-order valence-corrected chi connectivity index (χ2v) is 7.42. The molecule has 0 radical (unpaired) electrons. The van der Waals surface area contributed by atoms with E-state index >= 15 is 0 Å².